The molecule has 2 heterocycles. The maximum atomic E-state index is 5.66. The van der Waals surface area contributed by atoms with E-state index in [4.69, 9.17) is 4.74 Å². The molecule has 3 rings (SSSR count). The van der Waals surface area contributed by atoms with Crippen LogP contribution in [0.15, 0.2) is 48.8 Å². The molecule has 0 radical (unpaired) electrons. The van der Waals surface area contributed by atoms with Crippen molar-refractivity contribution >= 4 is 5.65 Å². The lowest BCUT2D eigenvalue weighted by Crippen LogP contribution is -3.00. The number of benzene rings is 1. The number of halogens is 1. The summed E-state index contributed by atoms with van der Waals surface area (Å²) in [5, 5.41) is 0. The van der Waals surface area contributed by atoms with Gasteiger partial charge in [0.1, 0.15) is 11.4 Å². The molecule has 0 saturated heterocycles. The molecule has 104 valence electrons. The number of hydrogen-bond donors (Lipinski definition) is 0. The summed E-state index contributed by atoms with van der Waals surface area (Å²) < 4.78 is 7.69. The van der Waals surface area contributed by atoms with E-state index in [9.17, 15) is 0 Å². The molecule has 0 bridgehead atoms. The predicted molar refractivity (Wildman–Crippen MR) is 76.5 cm³/mol. The van der Waals surface area contributed by atoms with Crippen LogP contribution >= 0.6 is 0 Å². The van der Waals surface area contributed by atoms with Crippen molar-refractivity contribution in [3.8, 4) is 17.0 Å². The first-order chi connectivity index (χ1) is 9.28. The maximum Gasteiger partial charge on any atom is 0.137 e. The number of imidazole rings is 1. The molecule has 4 heteroatoms. The number of nitrogens with zero attached hydrogens (tertiary/aromatic N) is 2. The number of hydrogen-bond acceptors (Lipinski definition) is 2. The molecule has 0 aliphatic heterocycles. The third-order valence-corrected chi connectivity index (χ3v) is 3.08. The van der Waals surface area contributed by atoms with Gasteiger partial charge in [-0.1, -0.05) is 12.1 Å². The van der Waals surface area contributed by atoms with Crippen molar-refractivity contribution in [3.05, 3.63) is 54.4 Å². The highest BCUT2D eigenvalue weighted by Gasteiger charge is 2.09. The lowest BCUT2D eigenvalue weighted by atomic mass is 10.1. The van der Waals surface area contributed by atoms with E-state index in [0.717, 1.165) is 22.7 Å². The van der Waals surface area contributed by atoms with Gasteiger partial charge in [-0.2, -0.15) is 0 Å². The number of aromatic nitrogens is 2. The Hall–Kier alpha value is -1.81. The van der Waals surface area contributed by atoms with Crippen LogP contribution < -0.4 is 21.7 Å². The van der Waals surface area contributed by atoms with Crippen molar-refractivity contribution in [1.82, 2.24) is 9.38 Å². The van der Waals surface area contributed by atoms with Crippen LogP contribution in [0.1, 0.15) is 12.5 Å². The third-order valence-electron chi connectivity index (χ3n) is 3.08. The van der Waals surface area contributed by atoms with Gasteiger partial charge in [-0.05, 0) is 43.7 Å². The van der Waals surface area contributed by atoms with Crippen LogP contribution in [0.4, 0.5) is 0 Å². The fourth-order valence-electron chi connectivity index (χ4n) is 2.17. The molecule has 0 aliphatic carbocycles. The average molecular weight is 332 g/mol. The van der Waals surface area contributed by atoms with E-state index in [1.54, 1.807) is 0 Å². The van der Waals surface area contributed by atoms with Crippen LogP contribution in [-0.2, 0) is 0 Å². The molecular weight excluding hydrogens is 316 g/mol. The SMILES string of the molecule is CCOc1ccccc1-c1cn2ccc(C)cc2n1.[Br-]. The fourth-order valence-corrected chi connectivity index (χ4v) is 2.17. The zero-order valence-corrected chi connectivity index (χ0v) is 13.1. The van der Waals surface area contributed by atoms with Gasteiger partial charge in [0.2, 0.25) is 0 Å². The molecule has 20 heavy (non-hydrogen) atoms. The van der Waals surface area contributed by atoms with Gasteiger partial charge < -0.3 is 26.1 Å². The summed E-state index contributed by atoms with van der Waals surface area (Å²) in [6, 6.07) is 12.2. The van der Waals surface area contributed by atoms with Crippen LogP contribution in [0, 0.1) is 6.92 Å². The minimum atomic E-state index is 0. The molecule has 0 unspecified atom stereocenters. The highest BCUT2D eigenvalue weighted by Crippen LogP contribution is 2.29. The van der Waals surface area contributed by atoms with E-state index in [1.165, 1.54) is 5.56 Å². The highest BCUT2D eigenvalue weighted by molar-refractivity contribution is 5.69. The molecule has 2 aromatic heterocycles. The average Bonchev–Trinajstić information content (AvgIpc) is 2.82. The van der Waals surface area contributed by atoms with Gasteiger partial charge in [-0.3, -0.25) is 0 Å². The van der Waals surface area contributed by atoms with E-state index in [1.807, 2.05) is 48.0 Å². The minimum Gasteiger partial charge on any atom is -1.00 e. The summed E-state index contributed by atoms with van der Waals surface area (Å²) in [5.41, 5.74) is 4.14. The molecule has 0 aliphatic rings. The molecule has 0 fully saturated rings. The van der Waals surface area contributed by atoms with E-state index in [-0.39, 0.29) is 17.0 Å². The molecule has 0 spiro atoms. The second-order valence-corrected chi connectivity index (χ2v) is 4.52. The van der Waals surface area contributed by atoms with Gasteiger partial charge >= 0.3 is 0 Å². The van der Waals surface area contributed by atoms with Crippen molar-refractivity contribution in [3.63, 3.8) is 0 Å². The summed E-state index contributed by atoms with van der Waals surface area (Å²) >= 11 is 0. The predicted octanol–water partition coefficient (Wildman–Crippen LogP) is 0.712. The largest absolute Gasteiger partial charge is 1.00 e. The number of para-hydroxylation sites is 1. The monoisotopic (exact) mass is 331 g/mol. The summed E-state index contributed by atoms with van der Waals surface area (Å²) in [7, 11) is 0. The Kier molecular flexibility index (Phi) is 4.45. The van der Waals surface area contributed by atoms with E-state index in [0.29, 0.717) is 6.61 Å². The van der Waals surface area contributed by atoms with Crippen molar-refractivity contribution in [2.75, 3.05) is 6.61 Å². The van der Waals surface area contributed by atoms with Crippen molar-refractivity contribution < 1.29 is 21.7 Å². The standard InChI is InChI=1S/C16H16N2O.BrH/c1-3-19-15-7-5-4-6-13(15)14-11-18-9-8-12(2)10-16(18)17-14;/h4-11H,3H2,1-2H3;1H/p-1. The third kappa shape index (κ3) is 2.70. The number of aryl methyl sites for hydroxylation is 1. The zero-order valence-electron chi connectivity index (χ0n) is 11.5. The van der Waals surface area contributed by atoms with E-state index >= 15 is 0 Å². The molecule has 0 amide bonds. The van der Waals surface area contributed by atoms with E-state index < -0.39 is 0 Å². The van der Waals surface area contributed by atoms with Crippen LogP contribution in [0.3, 0.4) is 0 Å². The molecule has 0 N–H and O–H groups in total. The van der Waals surface area contributed by atoms with Crippen molar-refractivity contribution in [2.24, 2.45) is 0 Å². The Morgan fingerprint density at radius 1 is 1.20 bits per heavy atom. The minimum absolute atomic E-state index is 0. The molecule has 1 aromatic carbocycles. The molecule has 0 atom stereocenters. The topological polar surface area (TPSA) is 26.5 Å². The molecule has 3 aromatic rings. The lowest BCUT2D eigenvalue weighted by Gasteiger charge is -2.07. The van der Waals surface area contributed by atoms with Crippen LogP contribution in [0.5, 0.6) is 5.75 Å². The first kappa shape index (κ1) is 14.6. The number of ether oxygens (including phenoxy) is 1. The summed E-state index contributed by atoms with van der Waals surface area (Å²) in [4.78, 5) is 4.67. The van der Waals surface area contributed by atoms with Crippen LogP contribution in [0.25, 0.3) is 16.9 Å². The number of fused-ring (bicyclic) bond motifs is 1. The summed E-state index contributed by atoms with van der Waals surface area (Å²) in [5.74, 6) is 0.880. The number of rotatable bonds is 3. The fraction of sp³-hybridized carbons (Fsp3) is 0.188. The van der Waals surface area contributed by atoms with Gasteiger partial charge in [0.15, 0.2) is 0 Å². The Morgan fingerprint density at radius 2 is 2.00 bits per heavy atom. The Labute approximate surface area is 129 Å². The summed E-state index contributed by atoms with van der Waals surface area (Å²) in [6.07, 6.45) is 4.07. The van der Waals surface area contributed by atoms with Gasteiger partial charge in [-0.15, -0.1) is 0 Å². The Morgan fingerprint density at radius 3 is 2.80 bits per heavy atom. The van der Waals surface area contributed by atoms with Crippen molar-refractivity contribution in [1.29, 1.82) is 0 Å². The van der Waals surface area contributed by atoms with Crippen LogP contribution in [-0.4, -0.2) is 16.0 Å². The number of pyridine rings is 1. The maximum absolute atomic E-state index is 5.66. The van der Waals surface area contributed by atoms with Gasteiger partial charge in [0.25, 0.3) is 0 Å². The summed E-state index contributed by atoms with van der Waals surface area (Å²) in [6.45, 7) is 4.72. The van der Waals surface area contributed by atoms with Gasteiger partial charge in [-0.25, -0.2) is 4.98 Å². The first-order valence-corrected chi connectivity index (χ1v) is 6.45. The molecular formula is C16H16BrN2O-. The molecule has 0 saturated carbocycles. The van der Waals surface area contributed by atoms with Crippen LogP contribution in [0.2, 0.25) is 0 Å². The first-order valence-electron chi connectivity index (χ1n) is 6.45. The van der Waals surface area contributed by atoms with Gasteiger partial charge in [0.05, 0.1) is 12.3 Å². The second-order valence-electron chi connectivity index (χ2n) is 4.52. The van der Waals surface area contributed by atoms with E-state index in [2.05, 4.69) is 24.0 Å². The molecule has 3 nitrogen and oxygen atoms in total. The van der Waals surface area contributed by atoms with Gasteiger partial charge in [0, 0.05) is 18.0 Å². The Balaban J connectivity index is 0.00000147. The zero-order chi connectivity index (χ0) is 13.2. The highest BCUT2D eigenvalue weighted by atomic mass is 79.9. The normalized spacial score (nSPS) is 10.3. The van der Waals surface area contributed by atoms with Crippen molar-refractivity contribution in [2.45, 2.75) is 13.8 Å². The Bertz CT molecular complexity index is 721. The smallest absolute Gasteiger partial charge is 0.137 e. The quantitative estimate of drug-likeness (QED) is 0.706. The lowest BCUT2D eigenvalue weighted by molar-refractivity contribution is -0.00000452. The second kappa shape index (κ2) is 6.09.